The summed E-state index contributed by atoms with van der Waals surface area (Å²) in [5, 5.41) is 12.5. The van der Waals surface area contributed by atoms with Crippen molar-refractivity contribution in [1.29, 1.82) is 0 Å². The van der Waals surface area contributed by atoms with E-state index in [1.807, 2.05) is 0 Å². The number of aliphatic hydroxyl groups is 1. The van der Waals surface area contributed by atoms with Crippen LogP contribution in [0, 0.1) is 5.92 Å². The highest BCUT2D eigenvalue weighted by Gasteiger charge is 2.28. The van der Waals surface area contributed by atoms with Crippen LogP contribution in [0.25, 0.3) is 0 Å². The molecule has 6 heteroatoms. The Morgan fingerprint density at radius 2 is 0.944 bits per heavy atom. The van der Waals surface area contributed by atoms with Gasteiger partial charge in [-0.05, 0) is 117 Å². The summed E-state index contributed by atoms with van der Waals surface area (Å²) in [7, 11) is 4.11. The third-order valence-electron chi connectivity index (χ3n) is 10.2. The van der Waals surface area contributed by atoms with Crippen molar-refractivity contribution in [2.45, 2.75) is 200 Å². The Bertz CT molecular complexity index is 893. The fourth-order valence-corrected chi connectivity index (χ4v) is 6.75. The lowest BCUT2D eigenvalue weighted by atomic mass is 9.92. The third-order valence-corrected chi connectivity index (χ3v) is 10.2. The number of unbranched alkanes of at least 4 members (excludes halogenated alkanes) is 19. The first kappa shape index (κ1) is 51.8. The smallest absolute Gasteiger partial charge is 0.324 e. The van der Waals surface area contributed by atoms with Crippen LogP contribution in [-0.2, 0) is 4.79 Å². The van der Waals surface area contributed by atoms with Gasteiger partial charge in [0.05, 0.1) is 0 Å². The molecular weight excluding hydrogens is 667 g/mol. The standard InChI is InChI=1S/C48H89N3O3/c1-5-7-9-11-13-15-17-19-21-23-25-27-29-31-33-35-40-46(47(53)51(44-39-45-52)48(54)49-42-37-38-43-50(3)4)41-36-34-32-30-28-26-24-22-20-18-16-14-12-10-8-6-2/h13-16,19-22,46,52H,5-12,17-18,23-45H2,1-4H3,(H,49,54)/b15-13-,16-14-,21-19-,22-20-. The van der Waals surface area contributed by atoms with Crippen LogP contribution >= 0.6 is 0 Å². The van der Waals surface area contributed by atoms with Crippen LogP contribution in [0.1, 0.15) is 200 Å². The highest BCUT2D eigenvalue weighted by Crippen LogP contribution is 2.22. The van der Waals surface area contributed by atoms with Crippen LogP contribution in [0.4, 0.5) is 4.79 Å². The SMILES string of the molecule is CCCCC/C=C\C/C=C\CCCCCCCCC(CCCCCCCC/C=C\C/C=C\CCCCC)C(=O)N(CCCO)C(=O)NCCCCN(C)C. The summed E-state index contributed by atoms with van der Waals surface area (Å²) in [5.74, 6) is -0.167. The van der Waals surface area contributed by atoms with Crippen molar-refractivity contribution in [3.8, 4) is 0 Å². The molecule has 0 aliphatic rings. The van der Waals surface area contributed by atoms with E-state index in [0.29, 0.717) is 13.0 Å². The Hall–Kier alpha value is -2.18. The third kappa shape index (κ3) is 35.5. The normalized spacial score (nSPS) is 12.2. The Morgan fingerprint density at radius 1 is 0.519 bits per heavy atom. The van der Waals surface area contributed by atoms with Gasteiger partial charge in [-0.3, -0.25) is 9.69 Å². The molecule has 0 atom stereocenters. The maximum Gasteiger partial charge on any atom is 0.324 e. The van der Waals surface area contributed by atoms with Gasteiger partial charge >= 0.3 is 6.03 Å². The van der Waals surface area contributed by atoms with Gasteiger partial charge in [0.25, 0.3) is 0 Å². The van der Waals surface area contributed by atoms with E-state index in [0.717, 1.165) is 83.6 Å². The van der Waals surface area contributed by atoms with E-state index in [9.17, 15) is 14.7 Å². The molecule has 0 unspecified atom stereocenters. The zero-order chi connectivity index (χ0) is 39.6. The number of hydrogen-bond donors (Lipinski definition) is 2. The predicted molar refractivity (Wildman–Crippen MR) is 236 cm³/mol. The van der Waals surface area contributed by atoms with Gasteiger partial charge < -0.3 is 15.3 Å². The van der Waals surface area contributed by atoms with Gasteiger partial charge in [-0.1, -0.05) is 152 Å². The maximum absolute atomic E-state index is 13.9. The first-order chi connectivity index (χ1) is 26.5. The van der Waals surface area contributed by atoms with Crippen molar-refractivity contribution in [3.63, 3.8) is 0 Å². The fourth-order valence-electron chi connectivity index (χ4n) is 6.75. The number of carbonyl (C=O) groups excluding carboxylic acids is 2. The first-order valence-electron chi connectivity index (χ1n) is 22.9. The topological polar surface area (TPSA) is 72.9 Å². The lowest BCUT2D eigenvalue weighted by Crippen LogP contribution is -2.47. The monoisotopic (exact) mass is 756 g/mol. The molecule has 0 radical (unpaired) electrons. The number of rotatable bonds is 39. The number of urea groups is 1. The molecule has 0 aromatic rings. The van der Waals surface area contributed by atoms with Crippen molar-refractivity contribution in [2.75, 3.05) is 40.3 Å². The molecule has 0 aliphatic carbocycles. The van der Waals surface area contributed by atoms with E-state index in [4.69, 9.17) is 0 Å². The number of carbonyl (C=O) groups is 2. The minimum atomic E-state index is -0.294. The Balaban J connectivity index is 4.70. The molecule has 314 valence electrons. The summed E-state index contributed by atoms with van der Waals surface area (Å²) in [5.41, 5.74) is 0. The van der Waals surface area contributed by atoms with Gasteiger partial charge in [0.1, 0.15) is 0 Å². The van der Waals surface area contributed by atoms with E-state index in [2.05, 4.69) is 86.8 Å². The van der Waals surface area contributed by atoms with Crippen molar-refractivity contribution in [3.05, 3.63) is 48.6 Å². The van der Waals surface area contributed by atoms with Crippen LogP contribution < -0.4 is 5.32 Å². The van der Waals surface area contributed by atoms with Crippen LogP contribution in [-0.4, -0.2) is 67.2 Å². The second-order valence-electron chi connectivity index (χ2n) is 15.8. The first-order valence-corrected chi connectivity index (χ1v) is 22.9. The molecule has 6 nitrogen and oxygen atoms in total. The number of nitrogens with zero attached hydrogens (tertiary/aromatic N) is 2. The molecule has 0 aliphatic heterocycles. The Labute approximate surface area is 335 Å². The largest absolute Gasteiger partial charge is 0.396 e. The number of hydrogen-bond acceptors (Lipinski definition) is 4. The summed E-state index contributed by atoms with van der Waals surface area (Å²) in [6.07, 6.45) is 51.5. The summed E-state index contributed by atoms with van der Waals surface area (Å²) < 4.78 is 0. The lowest BCUT2D eigenvalue weighted by Gasteiger charge is -2.26. The average Bonchev–Trinajstić information content (AvgIpc) is 3.16. The van der Waals surface area contributed by atoms with Crippen LogP contribution in [0.15, 0.2) is 48.6 Å². The number of nitrogens with one attached hydrogen (secondary N) is 1. The molecule has 0 rings (SSSR count). The molecule has 0 aromatic heterocycles. The van der Waals surface area contributed by atoms with Gasteiger partial charge in [0, 0.05) is 25.6 Å². The maximum atomic E-state index is 13.9. The van der Waals surface area contributed by atoms with Gasteiger partial charge in [-0.25, -0.2) is 4.79 Å². The summed E-state index contributed by atoms with van der Waals surface area (Å²) in [6, 6.07) is -0.294. The van der Waals surface area contributed by atoms with Crippen molar-refractivity contribution >= 4 is 11.9 Å². The van der Waals surface area contributed by atoms with E-state index >= 15 is 0 Å². The highest BCUT2D eigenvalue weighted by atomic mass is 16.3. The van der Waals surface area contributed by atoms with Crippen molar-refractivity contribution in [1.82, 2.24) is 15.1 Å². The van der Waals surface area contributed by atoms with Crippen LogP contribution in [0.3, 0.4) is 0 Å². The van der Waals surface area contributed by atoms with E-state index in [1.165, 1.54) is 108 Å². The van der Waals surface area contributed by atoms with Crippen molar-refractivity contribution < 1.29 is 14.7 Å². The summed E-state index contributed by atoms with van der Waals surface area (Å²) in [4.78, 5) is 30.7. The number of aliphatic hydroxyl groups excluding tert-OH is 1. The summed E-state index contributed by atoms with van der Waals surface area (Å²) >= 11 is 0. The van der Waals surface area contributed by atoms with Gasteiger partial charge in [-0.15, -0.1) is 0 Å². The molecule has 54 heavy (non-hydrogen) atoms. The zero-order valence-corrected chi connectivity index (χ0v) is 36.2. The second-order valence-corrected chi connectivity index (χ2v) is 15.8. The van der Waals surface area contributed by atoms with Gasteiger partial charge in [0.2, 0.25) is 5.91 Å². The minimum Gasteiger partial charge on any atom is -0.396 e. The summed E-state index contributed by atoms with van der Waals surface area (Å²) in [6.45, 7) is 6.30. The fraction of sp³-hybridized carbons (Fsp3) is 0.792. The molecule has 0 heterocycles. The van der Waals surface area contributed by atoms with E-state index in [1.54, 1.807) is 0 Å². The zero-order valence-electron chi connectivity index (χ0n) is 36.2. The Kier molecular flexibility index (Phi) is 40.3. The number of amides is 3. The molecule has 2 N–H and O–H groups in total. The molecule has 0 fully saturated rings. The molecular formula is C48H89N3O3. The minimum absolute atomic E-state index is 0.0253. The van der Waals surface area contributed by atoms with Gasteiger partial charge in [0.15, 0.2) is 0 Å². The van der Waals surface area contributed by atoms with Crippen molar-refractivity contribution in [2.24, 2.45) is 5.92 Å². The van der Waals surface area contributed by atoms with E-state index in [-0.39, 0.29) is 31.0 Å². The number of imide groups is 1. The van der Waals surface area contributed by atoms with Crippen LogP contribution in [0.2, 0.25) is 0 Å². The average molecular weight is 756 g/mol. The molecule has 3 amide bonds. The Morgan fingerprint density at radius 3 is 1.37 bits per heavy atom. The predicted octanol–water partition coefficient (Wildman–Crippen LogP) is 13.3. The quantitative estimate of drug-likeness (QED) is 0.0484. The molecule has 0 bridgehead atoms. The molecule has 0 saturated carbocycles. The van der Waals surface area contributed by atoms with Gasteiger partial charge in [-0.2, -0.15) is 0 Å². The molecule has 0 aromatic carbocycles. The van der Waals surface area contributed by atoms with E-state index < -0.39 is 0 Å². The molecule has 0 saturated heterocycles. The second kappa shape index (κ2) is 42.0. The lowest BCUT2D eigenvalue weighted by molar-refractivity contribution is -0.133. The highest BCUT2D eigenvalue weighted by molar-refractivity contribution is 5.95. The van der Waals surface area contributed by atoms with Crippen LogP contribution in [0.5, 0.6) is 0 Å². The molecule has 0 spiro atoms. The number of allylic oxidation sites excluding steroid dienone is 8.